The summed E-state index contributed by atoms with van der Waals surface area (Å²) in [6.45, 7) is 0. The fourth-order valence-corrected chi connectivity index (χ4v) is 12.2. The Morgan fingerprint density at radius 3 is 1.24 bits per heavy atom. The van der Waals surface area contributed by atoms with Gasteiger partial charge < -0.3 is 0 Å². The van der Waals surface area contributed by atoms with Crippen LogP contribution in [0.15, 0.2) is 158 Å². The van der Waals surface area contributed by atoms with Crippen molar-refractivity contribution >= 4 is 37.0 Å². The van der Waals surface area contributed by atoms with Crippen LogP contribution in [-0.4, -0.2) is 9.97 Å². The van der Waals surface area contributed by atoms with Crippen LogP contribution < -0.4 is 0 Å². The summed E-state index contributed by atoms with van der Waals surface area (Å²) in [7, 11) is 0. The predicted octanol–water partition coefficient (Wildman–Crippen LogP) is 9.98. The van der Waals surface area contributed by atoms with Gasteiger partial charge in [0, 0.05) is 0 Å². The minimum Gasteiger partial charge on any atom is -0.147 e. The average molecular weight is 701 g/mol. The first-order chi connectivity index (χ1) is 21.3. The summed E-state index contributed by atoms with van der Waals surface area (Å²) in [5.74, 6) is 0. The Labute approximate surface area is 288 Å². The molecule has 0 bridgehead atoms. The first kappa shape index (κ1) is 31.1. The second-order valence-electron chi connectivity index (χ2n) is 11.1. The third-order valence-electron chi connectivity index (χ3n) is 8.76. The Morgan fingerprint density at radius 1 is 0.422 bits per heavy atom. The van der Waals surface area contributed by atoms with Crippen molar-refractivity contribution in [2.75, 3.05) is 0 Å². The molecule has 0 radical (unpaired) electrons. The molecule has 2 aliphatic carbocycles. The van der Waals surface area contributed by atoms with E-state index in [2.05, 4.69) is 146 Å². The second-order valence-corrected chi connectivity index (χ2v) is 15.6. The maximum atomic E-state index is 5.07. The first-order valence-corrected chi connectivity index (χ1v) is 17.1. The molecule has 0 fully saturated rings. The van der Waals surface area contributed by atoms with E-state index >= 15 is 0 Å². The minimum atomic E-state index is -1.58. The van der Waals surface area contributed by atoms with E-state index in [9.17, 15) is 0 Å². The zero-order valence-electron chi connectivity index (χ0n) is 24.4. The number of fused-ring (bicyclic) bond motifs is 2. The molecule has 0 aliphatic heterocycles. The molecule has 2 unspecified atom stereocenters. The van der Waals surface area contributed by atoms with E-state index in [1.165, 1.54) is 44.5 Å². The van der Waals surface area contributed by atoms with Gasteiger partial charge in [0.2, 0.25) is 0 Å². The molecule has 5 heteroatoms. The van der Waals surface area contributed by atoms with Crippen LogP contribution in [-0.2, 0) is 29.5 Å². The van der Waals surface area contributed by atoms with Gasteiger partial charge in [-0.25, -0.2) is 0 Å². The SMILES string of the molecule is C1=C[C]([Zr][C]2(c3ccccn3)C=Cc3c(-c4ccccc4)cccc32)(c2ccccn2)c2cccc(-c3ccccc3)c21.Cl.Cl. The largest absolute Gasteiger partial charge is 0.147 e. The third kappa shape index (κ3) is 5.18. The van der Waals surface area contributed by atoms with E-state index in [-0.39, 0.29) is 31.1 Å². The molecule has 0 saturated carbocycles. The first-order valence-electron chi connectivity index (χ1n) is 14.7. The third-order valence-corrected chi connectivity index (χ3v) is 14.1. The number of pyridine rings is 2. The fourth-order valence-electron chi connectivity index (χ4n) is 6.81. The molecule has 2 nitrogen and oxygen atoms in total. The van der Waals surface area contributed by atoms with Crippen molar-refractivity contribution in [1.82, 2.24) is 9.97 Å². The number of nitrogens with zero attached hydrogens (tertiary/aromatic N) is 2. The van der Waals surface area contributed by atoms with E-state index in [0.717, 1.165) is 11.4 Å². The summed E-state index contributed by atoms with van der Waals surface area (Å²) in [5, 5.41) is 0. The Bertz CT molecular complexity index is 1850. The minimum absolute atomic E-state index is 0. The van der Waals surface area contributed by atoms with E-state index in [1.54, 1.807) is 0 Å². The zero-order valence-corrected chi connectivity index (χ0v) is 28.5. The van der Waals surface area contributed by atoms with E-state index in [1.807, 2.05) is 24.5 Å². The van der Waals surface area contributed by atoms with Gasteiger partial charge in [0.15, 0.2) is 0 Å². The van der Waals surface area contributed by atoms with Crippen LogP contribution in [0.2, 0.25) is 0 Å². The summed E-state index contributed by atoms with van der Waals surface area (Å²) < 4.78 is -0.589. The Balaban J connectivity index is 0.00000179. The molecule has 4 aromatic carbocycles. The number of hydrogen-bond acceptors (Lipinski definition) is 2. The molecule has 0 N–H and O–H groups in total. The number of rotatable bonds is 6. The van der Waals surface area contributed by atoms with E-state index in [4.69, 9.17) is 9.97 Å². The molecule has 2 aromatic heterocycles. The van der Waals surface area contributed by atoms with Gasteiger partial charge in [-0.15, -0.1) is 24.8 Å². The number of allylic oxidation sites excluding steroid dienone is 2. The maximum Gasteiger partial charge on any atom is -0.147 e. The molecule has 45 heavy (non-hydrogen) atoms. The molecule has 6 aromatic rings. The van der Waals surface area contributed by atoms with Gasteiger partial charge in [-0.3, -0.25) is 0 Å². The summed E-state index contributed by atoms with van der Waals surface area (Å²) in [6.07, 6.45) is 13.6. The summed E-state index contributed by atoms with van der Waals surface area (Å²) >= 11 is -1.58. The standard InChI is InChI=1S/2C20H14N.2ClH.Zr/c2*1-2-7-15(8-3-1)16-9-6-10-17-18(16)12-13-19(17)20-11-4-5-14-21-20;;;/h2*1-14H;2*1H;. The van der Waals surface area contributed by atoms with Gasteiger partial charge in [-0.2, -0.15) is 0 Å². The Morgan fingerprint density at radius 2 is 0.844 bits per heavy atom. The van der Waals surface area contributed by atoms with Crippen molar-refractivity contribution in [2.24, 2.45) is 0 Å². The van der Waals surface area contributed by atoms with Gasteiger partial charge in [-0.05, 0) is 0 Å². The van der Waals surface area contributed by atoms with Gasteiger partial charge in [0.25, 0.3) is 0 Å². The monoisotopic (exact) mass is 698 g/mol. The topological polar surface area (TPSA) is 25.8 Å². The van der Waals surface area contributed by atoms with Gasteiger partial charge in [0.05, 0.1) is 0 Å². The normalized spacial score (nSPS) is 18.8. The summed E-state index contributed by atoms with van der Waals surface area (Å²) in [5.41, 5.74) is 12.6. The number of aromatic nitrogens is 2. The van der Waals surface area contributed by atoms with E-state index in [0.29, 0.717) is 0 Å². The number of halogens is 2. The molecule has 2 aliphatic rings. The van der Waals surface area contributed by atoms with Gasteiger partial charge in [-0.1, -0.05) is 0 Å². The average Bonchev–Trinajstić information content (AvgIpc) is 3.66. The molecule has 2 atom stereocenters. The van der Waals surface area contributed by atoms with Crippen LogP contribution in [0.25, 0.3) is 34.4 Å². The molecule has 218 valence electrons. The van der Waals surface area contributed by atoms with Crippen molar-refractivity contribution in [1.29, 1.82) is 0 Å². The zero-order chi connectivity index (χ0) is 28.7. The molecule has 2 heterocycles. The van der Waals surface area contributed by atoms with Crippen molar-refractivity contribution < 1.29 is 23.2 Å². The maximum absolute atomic E-state index is 5.07. The Kier molecular flexibility index (Phi) is 8.89. The van der Waals surface area contributed by atoms with Crippen molar-refractivity contribution in [3.05, 3.63) is 192 Å². The van der Waals surface area contributed by atoms with Crippen LogP contribution in [0.3, 0.4) is 0 Å². The van der Waals surface area contributed by atoms with Crippen molar-refractivity contribution in [3.8, 4) is 22.3 Å². The fraction of sp³-hybridized carbons (Fsp3) is 0.0500. The molecule has 8 rings (SSSR count). The van der Waals surface area contributed by atoms with E-state index < -0.39 is 23.2 Å². The number of hydrogen-bond donors (Lipinski definition) is 0. The van der Waals surface area contributed by atoms with Crippen LogP contribution in [0.5, 0.6) is 0 Å². The second kappa shape index (κ2) is 12.9. The summed E-state index contributed by atoms with van der Waals surface area (Å²) in [4.78, 5) is 10.1. The predicted molar refractivity (Wildman–Crippen MR) is 186 cm³/mol. The van der Waals surface area contributed by atoms with Crippen LogP contribution >= 0.6 is 24.8 Å². The molecule has 0 saturated heterocycles. The van der Waals surface area contributed by atoms with Gasteiger partial charge in [0.1, 0.15) is 0 Å². The molecule has 0 spiro atoms. The Hall–Kier alpha value is -3.88. The summed E-state index contributed by atoms with van der Waals surface area (Å²) in [6, 6.07) is 47.9. The molecule has 0 amide bonds. The van der Waals surface area contributed by atoms with Gasteiger partial charge >= 0.3 is 266 Å². The van der Waals surface area contributed by atoms with Crippen LogP contribution in [0, 0.1) is 0 Å². The number of benzene rings is 4. The quantitative estimate of drug-likeness (QED) is 0.173. The van der Waals surface area contributed by atoms with Crippen molar-refractivity contribution in [3.63, 3.8) is 0 Å². The molecular weight excluding hydrogens is 671 g/mol. The smallest absolute Gasteiger partial charge is 0.147 e. The van der Waals surface area contributed by atoms with Crippen LogP contribution in [0.1, 0.15) is 33.6 Å². The van der Waals surface area contributed by atoms with Crippen LogP contribution in [0.4, 0.5) is 0 Å². The molecular formula is C40H30Cl2N2Zr. The van der Waals surface area contributed by atoms with Crippen molar-refractivity contribution in [2.45, 2.75) is 6.25 Å².